The highest BCUT2D eigenvalue weighted by Crippen LogP contribution is 2.29. The van der Waals surface area contributed by atoms with Gasteiger partial charge in [0.1, 0.15) is 0 Å². The topological polar surface area (TPSA) is 60.4 Å². The third kappa shape index (κ3) is 4.99. The van der Waals surface area contributed by atoms with E-state index in [0.717, 1.165) is 5.56 Å². The normalized spacial score (nSPS) is 11.8. The van der Waals surface area contributed by atoms with Gasteiger partial charge in [-0.2, -0.15) is 0 Å². The highest BCUT2D eigenvalue weighted by atomic mass is 16.6. The van der Waals surface area contributed by atoms with E-state index in [9.17, 15) is 4.79 Å². The van der Waals surface area contributed by atoms with Crippen molar-refractivity contribution in [1.82, 2.24) is 4.90 Å². The molecule has 0 radical (unpaired) electrons. The highest BCUT2D eigenvalue weighted by molar-refractivity contribution is 5.85. The molecule has 0 saturated heterocycles. The molecule has 0 aromatic heterocycles. The fraction of sp³-hybridized carbons (Fsp3) is 0.300. The maximum Gasteiger partial charge on any atom is 0.266 e. The van der Waals surface area contributed by atoms with E-state index in [1.165, 1.54) is 6.21 Å². The van der Waals surface area contributed by atoms with Crippen LogP contribution in [0.15, 0.2) is 53.7 Å². The van der Waals surface area contributed by atoms with Crippen LogP contribution in [0.3, 0.4) is 0 Å². The Kier molecular flexibility index (Phi) is 7.02. The lowest BCUT2D eigenvalue weighted by Crippen LogP contribution is -2.35. The third-order valence-electron chi connectivity index (χ3n) is 3.83. The van der Waals surface area contributed by atoms with Crippen LogP contribution >= 0.6 is 0 Å². The van der Waals surface area contributed by atoms with Crippen molar-refractivity contribution in [3.05, 3.63) is 59.7 Å². The number of likely N-dealkylation sites (N-methyl/N-ethyl adjacent to an activating group) is 1. The Hall–Kier alpha value is -3.02. The molecule has 6 heteroatoms. The number of para-hydroxylation sites is 1. The Bertz CT molecular complexity index is 747. The Morgan fingerprint density at radius 1 is 1.12 bits per heavy atom. The molecular weight excluding hydrogens is 332 g/mol. The maximum atomic E-state index is 12.4. The number of carbonyl (C=O) groups excluding carboxylic acids is 1. The number of carbonyl (C=O) groups is 1. The zero-order chi connectivity index (χ0) is 18.9. The lowest BCUT2D eigenvalue weighted by atomic mass is 10.2. The van der Waals surface area contributed by atoms with Gasteiger partial charge < -0.3 is 19.2 Å². The van der Waals surface area contributed by atoms with Crippen LogP contribution in [0.5, 0.6) is 11.5 Å². The van der Waals surface area contributed by atoms with Crippen molar-refractivity contribution in [3.63, 3.8) is 0 Å². The summed E-state index contributed by atoms with van der Waals surface area (Å²) in [7, 11) is 4.86. The first-order chi connectivity index (χ1) is 12.6. The van der Waals surface area contributed by atoms with E-state index in [1.54, 1.807) is 39.2 Å². The smallest absolute Gasteiger partial charge is 0.266 e. The standard InChI is InChI=1S/C20H24N2O4/c1-15(20(23)22(2)14-16-9-6-5-7-10-16)26-21-13-17-11-8-12-18(24-3)19(17)25-4/h5-13,15H,14H2,1-4H3/b21-13-/t15-/m0/s1. The van der Waals surface area contributed by atoms with E-state index in [0.29, 0.717) is 23.6 Å². The quantitative estimate of drug-likeness (QED) is 0.539. The molecule has 0 fully saturated rings. The van der Waals surface area contributed by atoms with Gasteiger partial charge in [-0.25, -0.2) is 0 Å². The molecule has 26 heavy (non-hydrogen) atoms. The summed E-state index contributed by atoms with van der Waals surface area (Å²) in [6.07, 6.45) is 0.805. The van der Waals surface area contributed by atoms with E-state index in [-0.39, 0.29) is 5.91 Å². The third-order valence-corrected chi connectivity index (χ3v) is 3.83. The van der Waals surface area contributed by atoms with Crippen LogP contribution in [0.4, 0.5) is 0 Å². The maximum absolute atomic E-state index is 12.4. The SMILES string of the molecule is COc1cccc(/C=N\O[C@@H](C)C(=O)N(C)Cc2ccccc2)c1OC. The van der Waals surface area contributed by atoms with Gasteiger partial charge in [-0.15, -0.1) is 0 Å². The molecule has 138 valence electrons. The minimum absolute atomic E-state index is 0.149. The van der Waals surface area contributed by atoms with Gasteiger partial charge >= 0.3 is 0 Å². The van der Waals surface area contributed by atoms with Gasteiger partial charge in [0, 0.05) is 19.2 Å². The lowest BCUT2D eigenvalue weighted by Gasteiger charge is -2.20. The molecule has 1 amide bonds. The minimum Gasteiger partial charge on any atom is -0.493 e. The number of oxime groups is 1. The summed E-state index contributed by atoms with van der Waals surface area (Å²) < 4.78 is 10.6. The molecule has 0 aliphatic carbocycles. The Morgan fingerprint density at radius 3 is 2.50 bits per heavy atom. The largest absolute Gasteiger partial charge is 0.493 e. The number of hydrogen-bond acceptors (Lipinski definition) is 5. The fourth-order valence-corrected chi connectivity index (χ4v) is 2.48. The van der Waals surface area contributed by atoms with Crippen molar-refractivity contribution in [1.29, 1.82) is 0 Å². The average Bonchev–Trinajstić information content (AvgIpc) is 2.67. The van der Waals surface area contributed by atoms with E-state index >= 15 is 0 Å². The van der Waals surface area contributed by atoms with Gasteiger partial charge in [-0.3, -0.25) is 4.79 Å². The number of amides is 1. The van der Waals surface area contributed by atoms with Gasteiger partial charge in [0.25, 0.3) is 5.91 Å². The van der Waals surface area contributed by atoms with Gasteiger partial charge in [-0.05, 0) is 24.6 Å². The molecule has 2 rings (SSSR count). The van der Waals surface area contributed by atoms with Crippen LogP contribution in [0.2, 0.25) is 0 Å². The molecule has 0 unspecified atom stereocenters. The van der Waals surface area contributed by atoms with Crippen molar-refractivity contribution >= 4 is 12.1 Å². The van der Waals surface area contributed by atoms with E-state index in [4.69, 9.17) is 14.3 Å². The van der Waals surface area contributed by atoms with E-state index < -0.39 is 6.10 Å². The Morgan fingerprint density at radius 2 is 1.85 bits per heavy atom. The zero-order valence-electron chi connectivity index (χ0n) is 15.5. The van der Waals surface area contributed by atoms with Gasteiger partial charge in [-0.1, -0.05) is 41.6 Å². The van der Waals surface area contributed by atoms with Crippen LogP contribution in [-0.2, 0) is 16.2 Å². The van der Waals surface area contributed by atoms with Crippen molar-refractivity contribution in [2.75, 3.05) is 21.3 Å². The van der Waals surface area contributed by atoms with Crippen LogP contribution in [0.1, 0.15) is 18.1 Å². The summed E-state index contributed by atoms with van der Waals surface area (Å²) in [6.45, 7) is 2.19. The molecular formula is C20H24N2O4. The summed E-state index contributed by atoms with van der Waals surface area (Å²) in [4.78, 5) is 19.3. The van der Waals surface area contributed by atoms with Crippen molar-refractivity contribution in [2.45, 2.75) is 19.6 Å². The van der Waals surface area contributed by atoms with Crippen LogP contribution in [-0.4, -0.2) is 44.4 Å². The molecule has 0 heterocycles. The van der Waals surface area contributed by atoms with Crippen molar-refractivity contribution < 1.29 is 19.1 Å². The molecule has 0 bridgehead atoms. The first-order valence-electron chi connectivity index (χ1n) is 8.26. The summed E-state index contributed by atoms with van der Waals surface area (Å²) in [5, 5.41) is 3.93. The molecule has 2 aromatic carbocycles. The number of methoxy groups -OCH3 is 2. The second-order valence-electron chi connectivity index (χ2n) is 5.74. The molecule has 0 spiro atoms. The first kappa shape index (κ1) is 19.3. The second kappa shape index (κ2) is 9.46. The van der Waals surface area contributed by atoms with Gasteiger partial charge in [0.2, 0.25) is 6.10 Å². The van der Waals surface area contributed by atoms with E-state index in [2.05, 4.69) is 5.16 Å². The summed E-state index contributed by atoms with van der Waals surface area (Å²) in [5.74, 6) is 1.01. The minimum atomic E-state index is -0.698. The van der Waals surface area contributed by atoms with Crippen LogP contribution in [0, 0.1) is 0 Å². The second-order valence-corrected chi connectivity index (χ2v) is 5.74. The van der Waals surface area contributed by atoms with Crippen LogP contribution in [0.25, 0.3) is 0 Å². The molecule has 0 saturated carbocycles. The molecule has 0 aliphatic rings. The number of hydrogen-bond donors (Lipinski definition) is 0. The molecule has 2 aromatic rings. The number of ether oxygens (including phenoxy) is 2. The summed E-state index contributed by atoms with van der Waals surface area (Å²) >= 11 is 0. The highest BCUT2D eigenvalue weighted by Gasteiger charge is 2.19. The summed E-state index contributed by atoms with van der Waals surface area (Å²) in [5.41, 5.74) is 1.75. The predicted octanol–water partition coefficient (Wildman–Crippen LogP) is 3.10. The number of benzene rings is 2. The average molecular weight is 356 g/mol. The first-order valence-corrected chi connectivity index (χ1v) is 8.26. The van der Waals surface area contributed by atoms with Crippen LogP contribution < -0.4 is 9.47 Å². The lowest BCUT2D eigenvalue weighted by molar-refractivity contribution is -0.141. The van der Waals surface area contributed by atoms with Gasteiger partial charge in [0.05, 0.1) is 20.4 Å². The van der Waals surface area contributed by atoms with Gasteiger partial charge in [0.15, 0.2) is 11.5 Å². The Balaban J connectivity index is 1.96. The predicted molar refractivity (Wildman–Crippen MR) is 101 cm³/mol. The molecule has 0 N–H and O–H groups in total. The van der Waals surface area contributed by atoms with Crippen molar-refractivity contribution in [2.24, 2.45) is 5.16 Å². The number of nitrogens with zero attached hydrogens (tertiary/aromatic N) is 2. The van der Waals surface area contributed by atoms with E-state index in [1.807, 2.05) is 42.5 Å². The Labute approximate surface area is 154 Å². The number of rotatable bonds is 8. The summed E-state index contributed by atoms with van der Waals surface area (Å²) in [6, 6.07) is 15.2. The molecule has 6 nitrogen and oxygen atoms in total. The fourth-order valence-electron chi connectivity index (χ4n) is 2.48. The monoisotopic (exact) mass is 356 g/mol. The van der Waals surface area contributed by atoms with Crippen molar-refractivity contribution in [3.8, 4) is 11.5 Å². The zero-order valence-corrected chi connectivity index (χ0v) is 15.5. The molecule has 1 atom stereocenters. The molecule has 0 aliphatic heterocycles.